The van der Waals surface area contributed by atoms with Crippen molar-refractivity contribution in [1.29, 1.82) is 0 Å². The lowest BCUT2D eigenvalue weighted by atomic mass is 9.66. The average molecular weight is 792 g/mol. The summed E-state index contributed by atoms with van der Waals surface area (Å²) in [7, 11) is 0. The van der Waals surface area contributed by atoms with Gasteiger partial charge in [-0.3, -0.25) is 0 Å². The van der Waals surface area contributed by atoms with E-state index in [1.54, 1.807) is 0 Å². The zero-order chi connectivity index (χ0) is 40.8. The first-order valence-electron chi connectivity index (χ1n) is 21.2. The van der Waals surface area contributed by atoms with Gasteiger partial charge < -0.3 is 14.1 Å². The third-order valence-electron chi connectivity index (χ3n) is 13.1. The molecular weight excluding hydrogens is 755 g/mol. The number of rotatable bonds is 5. The molecule has 62 heavy (non-hydrogen) atoms. The van der Waals surface area contributed by atoms with E-state index >= 15 is 0 Å². The molecule has 2 heterocycles. The van der Waals surface area contributed by atoms with Crippen LogP contribution in [0, 0.1) is 0 Å². The molecule has 2 aliphatic rings. The second kappa shape index (κ2) is 13.4. The summed E-state index contributed by atoms with van der Waals surface area (Å²) in [5, 5.41) is 4.40. The number of hydrogen-bond donors (Lipinski definition) is 0. The van der Waals surface area contributed by atoms with Crippen LogP contribution in [0.2, 0.25) is 0 Å². The maximum absolute atomic E-state index is 6.57. The highest BCUT2D eigenvalue weighted by Gasteiger charge is 2.50. The van der Waals surface area contributed by atoms with E-state index in [9.17, 15) is 0 Å². The molecule has 1 spiro atoms. The molecule has 0 unspecified atom stereocenters. The van der Waals surface area contributed by atoms with Crippen molar-refractivity contribution in [2.45, 2.75) is 5.41 Å². The van der Waals surface area contributed by atoms with Crippen LogP contribution >= 0.6 is 0 Å². The Morgan fingerprint density at radius 2 is 0.919 bits per heavy atom. The molecule has 1 aliphatic heterocycles. The largest absolute Gasteiger partial charge is 0.457 e. The van der Waals surface area contributed by atoms with Crippen molar-refractivity contribution in [3.63, 3.8) is 0 Å². The summed E-state index contributed by atoms with van der Waals surface area (Å²) in [6.07, 6.45) is 0. The minimum absolute atomic E-state index is 0.489. The molecule has 11 aromatic rings. The number of nitrogens with zero attached hydrogens (tertiary/aromatic N) is 1. The Balaban J connectivity index is 0.996. The molecule has 1 aromatic heterocycles. The van der Waals surface area contributed by atoms with Crippen LogP contribution in [-0.4, -0.2) is 0 Å². The summed E-state index contributed by atoms with van der Waals surface area (Å²) in [6, 6.07) is 80.9. The van der Waals surface area contributed by atoms with Gasteiger partial charge in [0.1, 0.15) is 22.7 Å². The topological polar surface area (TPSA) is 25.6 Å². The molecule has 0 radical (unpaired) electrons. The summed E-state index contributed by atoms with van der Waals surface area (Å²) in [4.78, 5) is 2.43. The van der Waals surface area contributed by atoms with Crippen molar-refractivity contribution in [3.8, 4) is 44.9 Å². The van der Waals surface area contributed by atoms with Gasteiger partial charge in [-0.05, 0) is 87.5 Å². The smallest absolute Gasteiger partial charge is 0.143 e. The van der Waals surface area contributed by atoms with E-state index in [4.69, 9.17) is 9.15 Å². The molecule has 0 fully saturated rings. The van der Waals surface area contributed by atoms with Gasteiger partial charge in [0.05, 0.1) is 16.8 Å². The maximum Gasteiger partial charge on any atom is 0.143 e. The third-order valence-corrected chi connectivity index (χ3v) is 13.1. The third kappa shape index (κ3) is 4.94. The fraction of sp³-hybridized carbons (Fsp3) is 0.0169. The molecule has 1 aliphatic carbocycles. The van der Waals surface area contributed by atoms with Crippen molar-refractivity contribution in [1.82, 2.24) is 0 Å². The SMILES string of the molecule is c1ccc(-c2ccccc2N(c2ccc(-c3ccc4c(c3)-c3ccccc3C43c4ccccc4Oc4ccccc43)cc2)c2cc3c4ccccc4oc3c3ccccc23)cc1. The summed E-state index contributed by atoms with van der Waals surface area (Å²) < 4.78 is 13.1. The molecule has 3 heteroatoms. The van der Waals surface area contributed by atoms with E-state index in [0.29, 0.717) is 0 Å². The minimum atomic E-state index is -0.489. The number of fused-ring (bicyclic) bond motifs is 14. The second-order valence-electron chi connectivity index (χ2n) is 16.3. The lowest BCUT2D eigenvalue weighted by Crippen LogP contribution is -2.32. The molecular formula is C59H37NO2. The van der Waals surface area contributed by atoms with Crippen molar-refractivity contribution in [3.05, 3.63) is 247 Å². The first kappa shape index (κ1) is 34.7. The van der Waals surface area contributed by atoms with Gasteiger partial charge in [-0.2, -0.15) is 0 Å². The number of benzene rings is 10. The first-order valence-corrected chi connectivity index (χ1v) is 21.2. The van der Waals surface area contributed by atoms with Crippen LogP contribution in [0.5, 0.6) is 11.5 Å². The van der Waals surface area contributed by atoms with Crippen LogP contribution < -0.4 is 9.64 Å². The van der Waals surface area contributed by atoms with Gasteiger partial charge in [-0.1, -0.05) is 176 Å². The Hall–Kier alpha value is -8.14. The standard InChI is InChI=1S/C59H37NO2/c1-2-16-39(17-3-1)42-18-7-12-26-53(42)60(54-37-48-45-21-8-13-27-55(45)62-58(48)46-22-5-4-20-44(46)54)41-33-30-38(31-34-41)40-32-35-50-47(36-40)43-19-6-9-23-49(43)59(50)51-24-10-14-28-56(51)61-57-29-15-11-25-52(57)59/h1-37H. The van der Waals surface area contributed by atoms with Crippen LogP contribution in [0.15, 0.2) is 229 Å². The van der Waals surface area contributed by atoms with E-state index < -0.39 is 5.41 Å². The van der Waals surface area contributed by atoms with Gasteiger partial charge in [-0.15, -0.1) is 0 Å². The number of ether oxygens (including phenoxy) is 1. The zero-order valence-electron chi connectivity index (χ0n) is 33.6. The highest BCUT2D eigenvalue weighted by atomic mass is 16.5. The molecule has 0 bridgehead atoms. The molecule has 13 rings (SSSR count). The van der Waals surface area contributed by atoms with Crippen molar-refractivity contribution < 1.29 is 9.15 Å². The van der Waals surface area contributed by atoms with Gasteiger partial charge in [0.2, 0.25) is 0 Å². The lowest BCUT2D eigenvalue weighted by Gasteiger charge is -2.39. The Kier molecular flexibility index (Phi) is 7.52. The predicted molar refractivity (Wildman–Crippen MR) is 254 cm³/mol. The van der Waals surface area contributed by atoms with E-state index in [1.165, 1.54) is 38.9 Å². The van der Waals surface area contributed by atoms with Gasteiger partial charge in [-0.25, -0.2) is 0 Å². The second-order valence-corrected chi connectivity index (χ2v) is 16.3. The highest BCUT2D eigenvalue weighted by Crippen LogP contribution is 2.62. The minimum Gasteiger partial charge on any atom is -0.457 e. The molecule has 10 aromatic carbocycles. The summed E-state index contributed by atoms with van der Waals surface area (Å²) >= 11 is 0. The Labute approximate surface area is 359 Å². The Morgan fingerprint density at radius 3 is 1.69 bits per heavy atom. The van der Waals surface area contributed by atoms with E-state index in [2.05, 4.69) is 223 Å². The fourth-order valence-corrected chi connectivity index (χ4v) is 10.5. The molecule has 0 atom stereocenters. The average Bonchev–Trinajstić information content (AvgIpc) is 3.86. The van der Waals surface area contributed by atoms with Gasteiger partial charge in [0, 0.05) is 43.9 Å². The number of anilines is 3. The Bertz CT molecular complexity index is 3520. The maximum atomic E-state index is 6.57. The molecule has 3 nitrogen and oxygen atoms in total. The molecule has 0 amide bonds. The first-order chi connectivity index (χ1) is 30.8. The van der Waals surface area contributed by atoms with Crippen LogP contribution in [0.4, 0.5) is 17.1 Å². The van der Waals surface area contributed by atoms with E-state index in [-0.39, 0.29) is 0 Å². The van der Waals surface area contributed by atoms with Gasteiger partial charge in [0.25, 0.3) is 0 Å². The van der Waals surface area contributed by atoms with Crippen molar-refractivity contribution >= 4 is 49.8 Å². The Morgan fingerprint density at radius 1 is 0.339 bits per heavy atom. The fourth-order valence-electron chi connectivity index (χ4n) is 10.5. The van der Waals surface area contributed by atoms with Crippen LogP contribution in [0.3, 0.4) is 0 Å². The van der Waals surface area contributed by atoms with E-state index in [0.717, 1.165) is 78.0 Å². The molecule has 0 saturated carbocycles. The summed E-state index contributed by atoms with van der Waals surface area (Å²) in [5.41, 5.74) is 16.6. The summed E-state index contributed by atoms with van der Waals surface area (Å²) in [5.74, 6) is 1.81. The lowest BCUT2D eigenvalue weighted by molar-refractivity contribution is 0.436. The highest BCUT2D eigenvalue weighted by molar-refractivity contribution is 6.20. The zero-order valence-corrected chi connectivity index (χ0v) is 33.6. The quantitative estimate of drug-likeness (QED) is 0.174. The predicted octanol–water partition coefficient (Wildman–Crippen LogP) is 16.0. The van der Waals surface area contributed by atoms with Crippen LogP contribution in [-0.2, 0) is 5.41 Å². The van der Waals surface area contributed by atoms with Crippen molar-refractivity contribution in [2.75, 3.05) is 4.90 Å². The van der Waals surface area contributed by atoms with E-state index in [1.807, 2.05) is 6.07 Å². The van der Waals surface area contributed by atoms with Crippen LogP contribution in [0.25, 0.3) is 66.1 Å². The van der Waals surface area contributed by atoms with Crippen LogP contribution in [0.1, 0.15) is 22.3 Å². The van der Waals surface area contributed by atoms with Gasteiger partial charge >= 0.3 is 0 Å². The normalized spacial score (nSPS) is 13.1. The van der Waals surface area contributed by atoms with Crippen molar-refractivity contribution in [2.24, 2.45) is 0 Å². The monoisotopic (exact) mass is 791 g/mol. The molecule has 290 valence electrons. The number of furan rings is 1. The van der Waals surface area contributed by atoms with Gasteiger partial charge in [0.15, 0.2) is 0 Å². The molecule has 0 saturated heterocycles. The molecule has 0 N–H and O–H groups in total. The summed E-state index contributed by atoms with van der Waals surface area (Å²) in [6.45, 7) is 0. The number of hydrogen-bond acceptors (Lipinski definition) is 3. The number of para-hydroxylation sites is 4.